The fourth-order valence-electron chi connectivity index (χ4n) is 3.44. The third-order valence-corrected chi connectivity index (χ3v) is 5.59. The zero-order valence-corrected chi connectivity index (χ0v) is 20.2. The number of amides is 1. The van der Waals surface area contributed by atoms with Crippen molar-refractivity contribution in [2.45, 2.75) is 52.7 Å². The summed E-state index contributed by atoms with van der Waals surface area (Å²) in [5.74, 6) is -0.952. The van der Waals surface area contributed by atoms with Crippen LogP contribution in [-0.4, -0.2) is 18.1 Å². The number of carbonyl (C=O) groups is 2. The van der Waals surface area contributed by atoms with Crippen LogP contribution in [0.3, 0.4) is 0 Å². The molecule has 3 rings (SSSR count). The van der Waals surface area contributed by atoms with Crippen molar-refractivity contribution in [3.8, 4) is 5.75 Å². The normalized spacial score (nSPS) is 11.9. The van der Waals surface area contributed by atoms with Crippen LogP contribution in [0, 0.1) is 5.92 Å². The van der Waals surface area contributed by atoms with Crippen LogP contribution in [0.5, 0.6) is 5.75 Å². The highest BCUT2D eigenvalue weighted by Gasteiger charge is 2.28. The van der Waals surface area contributed by atoms with E-state index in [0.717, 1.165) is 24.0 Å². The molecule has 1 unspecified atom stereocenters. The molecule has 1 heterocycles. The molecule has 1 atom stereocenters. The quantitative estimate of drug-likeness (QED) is 0.239. The summed E-state index contributed by atoms with van der Waals surface area (Å²) in [7, 11) is 0. The summed E-state index contributed by atoms with van der Waals surface area (Å²) < 4.78 is 16.0. The van der Waals surface area contributed by atoms with Crippen LogP contribution in [0.25, 0.3) is 11.0 Å². The van der Waals surface area contributed by atoms with Crippen molar-refractivity contribution in [2.75, 3.05) is 0 Å². The minimum absolute atomic E-state index is 0.0417. The highest BCUT2D eigenvalue weighted by molar-refractivity contribution is 6.33. The Labute approximate surface area is 203 Å². The van der Waals surface area contributed by atoms with Gasteiger partial charge in [-0.15, -0.1) is 0 Å². The molecule has 180 valence electrons. The number of rotatable bonds is 9. The van der Waals surface area contributed by atoms with Crippen molar-refractivity contribution < 1.29 is 23.5 Å². The smallest absolute Gasteiger partial charge is 0.408 e. The second-order valence-electron chi connectivity index (χ2n) is 8.32. The number of ether oxygens (including phenoxy) is 2. The molecule has 3 aromatic rings. The van der Waals surface area contributed by atoms with E-state index in [1.807, 2.05) is 30.3 Å². The third kappa shape index (κ3) is 6.60. The molecule has 0 saturated carbocycles. The number of hydrogen-bond acceptors (Lipinski definition) is 6. The molecule has 0 radical (unpaired) electrons. The maximum atomic E-state index is 12.9. The average molecular weight is 486 g/mol. The van der Waals surface area contributed by atoms with Crippen molar-refractivity contribution in [1.29, 1.82) is 0 Å². The minimum Gasteiger partial charge on any atom is -0.445 e. The molecule has 2 aromatic carbocycles. The summed E-state index contributed by atoms with van der Waals surface area (Å²) in [6.45, 7) is 5.67. The van der Waals surface area contributed by atoms with Crippen LogP contribution >= 0.6 is 11.6 Å². The monoisotopic (exact) mass is 485 g/mol. The molecular weight excluding hydrogens is 458 g/mol. The van der Waals surface area contributed by atoms with Crippen molar-refractivity contribution >= 4 is 34.6 Å². The number of fused-ring (bicyclic) bond motifs is 1. The van der Waals surface area contributed by atoms with Crippen molar-refractivity contribution in [2.24, 2.45) is 5.92 Å². The van der Waals surface area contributed by atoms with E-state index in [4.69, 9.17) is 25.5 Å². The molecule has 0 spiro atoms. The maximum Gasteiger partial charge on any atom is 0.408 e. The summed E-state index contributed by atoms with van der Waals surface area (Å²) >= 11 is 6.39. The molecule has 0 aliphatic carbocycles. The number of hydrogen-bond donors (Lipinski definition) is 1. The highest BCUT2D eigenvalue weighted by atomic mass is 35.5. The van der Waals surface area contributed by atoms with Gasteiger partial charge < -0.3 is 19.2 Å². The van der Waals surface area contributed by atoms with Crippen LogP contribution in [0.15, 0.2) is 57.7 Å². The lowest BCUT2D eigenvalue weighted by atomic mass is 10.0. The Kier molecular flexibility index (Phi) is 8.71. The van der Waals surface area contributed by atoms with Gasteiger partial charge in [0, 0.05) is 17.5 Å². The van der Waals surface area contributed by atoms with E-state index < -0.39 is 23.7 Å². The molecule has 1 aromatic heterocycles. The molecule has 1 amide bonds. The summed E-state index contributed by atoms with van der Waals surface area (Å²) in [6.07, 6.45) is 1.85. The zero-order chi connectivity index (χ0) is 24.7. The van der Waals surface area contributed by atoms with Gasteiger partial charge in [-0.1, -0.05) is 69.1 Å². The van der Waals surface area contributed by atoms with Gasteiger partial charge in [0.05, 0.1) is 5.02 Å². The summed E-state index contributed by atoms with van der Waals surface area (Å²) in [6, 6.07) is 12.7. The van der Waals surface area contributed by atoms with Gasteiger partial charge in [-0.3, -0.25) is 0 Å². The van der Waals surface area contributed by atoms with E-state index >= 15 is 0 Å². The molecule has 1 N–H and O–H groups in total. The van der Waals surface area contributed by atoms with Crippen molar-refractivity contribution in [3.05, 3.63) is 75.1 Å². The fourth-order valence-corrected chi connectivity index (χ4v) is 3.64. The first-order chi connectivity index (χ1) is 16.3. The van der Waals surface area contributed by atoms with Gasteiger partial charge in [0.25, 0.3) is 0 Å². The van der Waals surface area contributed by atoms with Crippen LogP contribution in [0.1, 0.15) is 44.7 Å². The van der Waals surface area contributed by atoms with Gasteiger partial charge in [0.2, 0.25) is 0 Å². The van der Waals surface area contributed by atoms with E-state index in [0.29, 0.717) is 11.8 Å². The van der Waals surface area contributed by atoms with Gasteiger partial charge >= 0.3 is 17.7 Å². The number of nitrogens with one attached hydrogen (secondary N) is 1. The Morgan fingerprint density at radius 2 is 1.85 bits per heavy atom. The van der Waals surface area contributed by atoms with Crippen LogP contribution in [0.2, 0.25) is 5.02 Å². The Morgan fingerprint density at radius 1 is 1.12 bits per heavy atom. The van der Waals surface area contributed by atoms with Crippen LogP contribution in [0.4, 0.5) is 4.79 Å². The number of halogens is 1. The number of aryl methyl sites for hydroxylation is 1. The summed E-state index contributed by atoms with van der Waals surface area (Å²) in [4.78, 5) is 37.2. The topological polar surface area (TPSA) is 94.8 Å². The average Bonchev–Trinajstić information content (AvgIpc) is 2.81. The van der Waals surface area contributed by atoms with Crippen molar-refractivity contribution in [3.63, 3.8) is 0 Å². The van der Waals surface area contributed by atoms with E-state index in [9.17, 15) is 14.4 Å². The predicted octanol–water partition coefficient (Wildman–Crippen LogP) is 5.65. The van der Waals surface area contributed by atoms with Gasteiger partial charge in [0.15, 0.2) is 5.75 Å². The number of unbranched alkanes of at least 4 members (excludes halogenated alkanes) is 1. The lowest BCUT2D eigenvalue weighted by Crippen LogP contribution is -2.46. The van der Waals surface area contributed by atoms with E-state index in [2.05, 4.69) is 12.2 Å². The molecule has 7 nitrogen and oxygen atoms in total. The lowest BCUT2D eigenvalue weighted by molar-refractivity contribution is -0.137. The summed E-state index contributed by atoms with van der Waals surface area (Å²) in [5, 5.41) is 3.44. The molecule has 0 aliphatic rings. The predicted molar refractivity (Wildman–Crippen MR) is 130 cm³/mol. The van der Waals surface area contributed by atoms with E-state index in [1.54, 1.807) is 19.9 Å². The molecule has 0 aliphatic heterocycles. The Hall–Kier alpha value is -3.32. The Morgan fingerprint density at radius 3 is 2.53 bits per heavy atom. The van der Waals surface area contributed by atoms with Gasteiger partial charge in [-0.2, -0.15) is 0 Å². The first-order valence-corrected chi connectivity index (χ1v) is 11.6. The summed E-state index contributed by atoms with van der Waals surface area (Å²) in [5.41, 5.74) is 1.45. The SMILES string of the molecule is CCCCc1cc(=O)oc2cc(OC(=O)C(NC(=O)OCc3ccccc3)C(C)C)c(Cl)cc12. The molecule has 34 heavy (non-hydrogen) atoms. The van der Waals surface area contributed by atoms with Gasteiger partial charge in [0.1, 0.15) is 18.2 Å². The zero-order valence-electron chi connectivity index (χ0n) is 19.4. The second-order valence-corrected chi connectivity index (χ2v) is 8.73. The molecule has 0 bridgehead atoms. The van der Waals surface area contributed by atoms with E-state index in [1.165, 1.54) is 12.1 Å². The standard InChI is InChI=1S/C26H28ClNO6/c1-4-5-11-18-12-23(29)33-21-14-22(20(27)13-19(18)21)34-25(30)24(16(2)3)28-26(31)32-15-17-9-7-6-8-10-17/h6-10,12-14,16,24H,4-5,11,15H2,1-3H3,(H,28,31). The van der Waals surface area contributed by atoms with Gasteiger partial charge in [-0.25, -0.2) is 14.4 Å². The van der Waals surface area contributed by atoms with Gasteiger partial charge in [-0.05, 0) is 36.0 Å². The fraction of sp³-hybridized carbons (Fsp3) is 0.346. The minimum atomic E-state index is -0.974. The number of benzene rings is 2. The highest BCUT2D eigenvalue weighted by Crippen LogP contribution is 2.32. The number of carbonyl (C=O) groups excluding carboxylic acids is 2. The number of alkyl carbamates (subject to hydrolysis) is 1. The lowest BCUT2D eigenvalue weighted by Gasteiger charge is -2.21. The first-order valence-electron chi connectivity index (χ1n) is 11.2. The van der Waals surface area contributed by atoms with Crippen molar-refractivity contribution in [1.82, 2.24) is 5.32 Å². The largest absolute Gasteiger partial charge is 0.445 e. The van der Waals surface area contributed by atoms with Crippen LogP contribution in [-0.2, 0) is 22.6 Å². The van der Waals surface area contributed by atoms with E-state index in [-0.39, 0.29) is 28.9 Å². The second kappa shape index (κ2) is 11.7. The molecule has 8 heteroatoms. The van der Waals surface area contributed by atoms with Crippen LogP contribution < -0.4 is 15.7 Å². The first kappa shape index (κ1) is 25.3. The molecule has 0 saturated heterocycles. The maximum absolute atomic E-state index is 12.9. The molecular formula is C26H28ClNO6. The Bertz CT molecular complexity index is 1210. The third-order valence-electron chi connectivity index (χ3n) is 5.30. The molecule has 0 fully saturated rings. The number of esters is 1. The Balaban J connectivity index is 1.74.